The zero-order valence-corrected chi connectivity index (χ0v) is 6.85. The van der Waals surface area contributed by atoms with E-state index in [1.807, 2.05) is 0 Å². The van der Waals surface area contributed by atoms with Gasteiger partial charge < -0.3 is 9.94 Å². The smallest absolute Gasteiger partial charge is 0.213 e. The summed E-state index contributed by atoms with van der Waals surface area (Å²) < 4.78 is 4.77. The molecule has 0 radical (unpaired) electrons. The van der Waals surface area contributed by atoms with Crippen molar-refractivity contribution in [3.05, 3.63) is 28.3 Å². The van der Waals surface area contributed by atoms with Crippen LogP contribution >= 0.6 is 0 Å². The van der Waals surface area contributed by atoms with Gasteiger partial charge >= 0.3 is 0 Å². The Hall–Kier alpha value is -1.50. The number of ether oxygens (including phenoxy) is 1. The Morgan fingerprint density at radius 3 is 2.77 bits per heavy atom. The van der Waals surface area contributed by atoms with Crippen molar-refractivity contribution in [1.29, 1.82) is 0 Å². The molecule has 1 aromatic carbocycles. The molecule has 0 saturated carbocycles. The molecule has 0 spiro atoms. The highest BCUT2D eigenvalue weighted by Crippen LogP contribution is 2.32. The van der Waals surface area contributed by atoms with Gasteiger partial charge in [-0.2, -0.15) is 5.23 Å². The third kappa shape index (κ3) is 1.81. The van der Waals surface area contributed by atoms with Gasteiger partial charge in [-0.3, -0.25) is 0 Å². The molecule has 6 nitrogen and oxygen atoms in total. The van der Waals surface area contributed by atoms with Crippen molar-refractivity contribution < 1.29 is 15.2 Å². The molecule has 0 saturated heterocycles. The maximum Gasteiger partial charge on any atom is 0.213 e. The van der Waals surface area contributed by atoms with Crippen molar-refractivity contribution in [2.45, 2.75) is 0 Å². The zero-order valence-electron chi connectivity index (χ0n) is 6.85. The summed E-state index contributed by atoms with van der Waals surface area (Å²) in [4.78, 5) is 10.3. The number of hydrogen-bond donors (Lipinski definition) is 2. The second-order valence-corrected chi connectivity index (χ2v) is 2.25. The number of nitrogens with zero attached hydrogens (tertiary/aromatic N) is 1. The summed E-state index contributed by atoms with van der Waals surface area (Å²) in [7, 11) is 1.34. The van der Waals surface area contributed by atoms with E-state index >= 15 is 0 Å². The summed E-state index contributed by atoms with van der Waals surface area (Å²) in [6.45, 7) is 0. The molecule has 1 rings (SSSR count). The average molecular weight is 184 g/mol. The predicted octanol–water partition coefficient (Wildman–Crippen LogP) is 0.496. The second-order valence-electron chi connectivity index (χ2n) is 2.25. The Morgan fingerprint density at radius 2 is 2.31 bits per heavy atom. The Kier molecular flexibility index (Phi) is 2.91. The lowest BCUT2D eigenvalue weighted by molar-refractivity contribution is -0.990. The normalized spacial score (nSPS) is 12.2. The van der Waals surface area contributed by atoms with Crippen molar-refractivity contribution in [1.82, 2.24) is 0 Å². The zero-order chi connectivity index (χ0) is 9.84. The summed E-state index contributed by atoms with van der Waals surface area (Å²) in [5.74, 6) is 0.162. The maximum atomic E-state index is 10.6. The van der Waals surface area contributed by atoms with Gasteiger partial charge in [-0.05, 0) is 11.2 Å². The third-order valence-electron chi connectivity index (χ3n) is 1.54. The highest BCUT2D eigenvalue weighted by molar-refractivity contribution is 5.65. The summed E-state index contributed by atoms with van der Waals surface area (Å²) in [6.07, 6.45) is 0. The van der Waals surface area contributed by atoms with Gasteiger partial charge in [0, 0.05) is 6.07 Å². The van der Waals surface area contributed by atoms with Crippen LogP contribution in [0, 0.1) is 10.1 Å². The van der Waals surface area contributed by atoms with Gasteiger partial charge in [0.05, 0.1) is 7.11 Å². The SMILES string of the molecule is COc1cccc([NH+]([O-])O)c1N=O. The van der Waals surface area contributed by atoms with Crippen LogP contribution in [-0.4, -0.2) is 12.3 Å². The molecule has 13 heavy (non-hydrogen) atoms. The molecular weight excluding hydrogens is 176 g/mol. The number of rotatable bonds is 3. The molecule has 0 aromatic heterocycles. The lowest BCUT2D eigenvalue weighted by Gasteiger charge is -2.13. The van der Waals surface area contributed by atoms with Crippen molar-refractivity contribution in [3.63, 3.8) is 0 Å². The highest BCUT2D eigenvalue weighted by atomic mass is 16.8. The van der Waals surface area contributed by atoms with Gasteiger partial charge in [-0.1, -0.05) is 6.07 Å². The van der Waals surface area contributed by atoms with Crippen molar-refractivity contribution in [3.8, 4) is 5.75 Å². The Balaban J connectivity index is 3.27. The van der Waals surface area contributed by atoms with E-state index in [1.165, 1.54) is 25.3 Å². The molecular formula is C7H8N2O4. The largest absolute Gasteiger partial charge is 0.595 e. The summed E-state index contributed by atoms with van der Waals surface area (Å²) >= 11 is 0. The van der Waals surface area contributed by atoms with E-state index in [1.54, 1.807) is 0 Å². The fourth-order valence-corrected chi connectivity index (χ4v) is 0.954. The molecule has 70 valence electrons. The minimum atomic E-state index is -1.20. The van der Waals surface area contributed by atoms with Crippen molar-refractivity contribution in [2.24, 2.45) is 5.18 Å². The third-order valence-corrected chi connectivity index (χ3v) is 1.54. The molecule has 6 heteroatoms. The van der Waals surface area contributed by atoms with Crippen LogP contribution in [0.15, 0.2) is 23.4 Å². The molecule has 0 amide bonds. The minimum Gasteiger partial charge on any atom is -0.595 e. The first-order chi connectivity index (χ1) is 6.20. The lowest BCUT2D eigenvalue weighted by atomic mass is 10.2. The van der Waals surface area contributed by atoms with Gasteiger partial charge in [-0.15, -0.1) is 4.91 Å². The van der Waals surface area contributed by atoms with E-state index in [9.17, 15) is 10.1 Å². The molecule has 0 fully saturated rings. The first-order valence-electron chi connectivity index (χ1n) is 3.44. The molecule has 0 heterocycles. The molecule has 0 aliphatic carbocycles. The van der Waals surface area contributed by atoms with Crippen LogP contribution in [0.25, 0.3) is 0 Å². The van der Waals surface area contributed by atoms with Gasteiger partial charge in [0.15, 0.2) is 11.4 Å². The average Bonchev–Trinajstić information content (AvgIpc) is 2.16. The van der Waals surface area contributed by atoms with Gasteiger partial charge in [0.25, 0.3) is 0 Å². The number of nitrogens with one attached hydrogen (secondary N) is 1. The first-order valence-corrected chi connectivity index (χ1v) is 3.44. The number of benzene rings is 1. The van der Waals surface area contributed by atoms with Crippen LogP contribution in [0.4, 0.5) is 11.4 Å². The van der Waals surface area contributed by atoms with Gasteiger partial charge in [0.1, 0.15) is 0 Å². The number of methoxy groups -OCH3 is 1. The molecule has 0 aliphatic heterocycles. The van der Waals surface area contributed by atoms with E-state index in [-0.39, 0.29) is 17.1 Å². The summed E-state index contributed by atoms with van der Waals surface area (Å²) in [5, 5.41) is 20.7. The fourth-order valence-electron chi connectivity index (χ4n) is 0.954. The number of nitroso groups, excluding NO2 is 1. The van der Waals surface area contributed by atoms with Crippen LogP contribution in [0.5, 0.6) is 5.75 Å². The van der Waals surface area contributed by atoms with Crippen molar-refractivity contribution >= 4 is 11.4 Å². The maximum absolute atomic E-state index is 10.6. The Labute approximate surface area is 73.9 Å². The van der Waals surface area contributed by atoms with E-state index in [0.717, 1.165) is 0 Å². The van der Waals surface area contributed by atoms with E-state index in [4.69, 9.17) is 9.94 Å². The summed E-state index contributed by atoms with van der Waals surface area (Å²) in [5.41, 5.74) is -0.341. The minimum absolute atomic E-state index is 0.158. The van der Waals surface area contributed by atoms with Gasteiger partial charge in [-0.25, -0.2) is 5.21 Å². The molecule has 1 aromatic rings. The molecule has 2 N–H and O–H groups in total. The lowest BCUT2D eigenvalue weighted by Crippen LogP contribution is -2.99. The topological polar surface area (TPSA) is 86.4 Å². The van der Waals surface area contributed by atoms with Crippen LogP contribution in [0.1, 0.15) is 0 Å². The molecule has 1 atom stereocenters. The van der Waals surface area contributed by atoms with Crippen molar-refractivity contribution in [2.75, 3.05) is 7.11 Å². The van der Waals surface area contributed by atoms with Crippen LogP contribution < -0.4 is 9.96 Å². The predicted molar refractivity (Wildman–Crippen MR) is 44.2 cm³/mol. The Bertz CT molecular complexity index is 313. The van der Waals surface area contributed by atoms with E-state index in [0.29, 0.717) is 0 Å². The van der Waals surface area contributed by atoms with E-state index in [2.05, 4.69) is 5.18 Å². The van der Waals surface area contributed by atoms with Gasteiger partial charge in [0.2, 0.25) is 5.69 Å². The van der Waals surface area contributed by atoms with E-state index < -0.39 is 5.23 Å². The van der Waals surface area contributed by atoms with Crippen LogP contribution in [-0.2, 0) is 0 Å². The standard InChI is InChI=1S/C7H8N2O4/c1-13-6-4-2-3-5(9(11)12)7(6)8-10/h2-4,9,11H,1H3. The molecule has 1 unspecified atom stereocenters. The Morgan fingerprint density at radius 1 is 1.62 bits per heavy atom. The fraction of sp³-hybridized carbons (Fsp3) is 0.143. The number of hydrogen-bond acceptors (Lipinski definition) is 5. The summed E-state index contributed by atoms with van der Waals surface area (Å²) in [6, 6.07) is 4.25. The molecule has 0 aliphatic rings. The highest BCUT2D eigenvalue weighted by Gasteiger charge is 2.14. The molecule has 0 bridgehead atoms. The number of quaternary nitrogens is 1. The second kappa shape index (κ2) is 3.94. The first kappa shape index (κ1) is 9.59. The van der Waals surface area contributed by atoms with Crippen LogP contribution in [0.2, 0.25) is 0 Å². The quantitative estimate of drug-likeness (QED) is 0.528. The monoisotopic (exact) mass is 184 g/mol. The van der Waals surface area contributed by atoms with Crippen LogP contribution in [0.3, 0.4) is 0 Å².